The number of esters is 1. The molecule has 0 amide bonds. The van der Waals surface area contributed by atoms with E-state index in [1.165, 1.54) is 6.33 Å². The van der Waals surface area contributed by atoms with Gasteiger partial charge in [0.1, 0.15) is 21.4 Å². The van der Waals surface area contributed by atoms with Gasteiger partial charge in [0, 0.05) is 13.0 Å². The van der Waals surface area contributed by atoms with Gasteiger partial charge in [-0.25, -0.2) is 14.6 Å². The summed E-state index contributed by atoms with van der Waals surface area (Å²) >= 11 is 2.10. The molecule has 7 nitrogen and oxygen atoms in total. The van der Waals surface area contributed by atoms with Crippen LogP contribution in [0.5, 0.6) is 0 Å². The van der Waals surface area contributed by atoms with Crippen LogP contribution in [0, 0.1) is 3.70 Å². The lowest BCUT2D eigenvalue weighted by molar-refractivity contribution is -0.154. The summed E-state index contributed by atoms with van der Waals surface area (Å²) in [6.45, 7) is 6.14. The summed E-state index contributed by atoms with van der Waals surface area (Å²) in [7, 11) is 0. The summed E-state index contributed by atoms with van der Waals surface area (Å²) in [6, 6.07) is 0. The van der Waals surface area contributed by atoms with Crippen LogP contribution in [-0.2, 0) is 16.1 Å². The maximum atomic E-state index is 11.7. The van der Waals surface area contributed by atoms with Gasteiger partial charge in [0.05, 0.1) is 5.39 Å². The average Bonchev–Trinajstić information content (AvgIpc) is 2.65. The fourth-order valence-corrected chi connectivity index (χ4v) is 2.69. The van der Waals surface area contributed by atoms with Gasteiger partial charge in [0.2, 0.25) is 0 Å². The number of nitrogen functional groups attached to an aromatic ring is 1. The second-order valence-corrected chi connectivity index (χ2v) is 6.68. The van der Waals surface area contributed by atoms with Crippen molar-refractivity contribution < 1.29 is 9.53 Å². The van der Waals surface area contributed by atoms with Crippen molar-refractivity contribution in [2.24, 2.45) is 0 Å². The first-order valence-electron chi connectivity index (χ1n) is 6.62. The quantitative estimate of drug-likeness (QED) is 0.621. The normalized spacial score (nSPS) is 11.8. The van der Waals surface area contributed by atoms with Gasteiger partial charge in [-0.15, -0.1) is 0 Å². The van der Waals surface area contributed by atoms with E-state index in [1.807, 2.05) is 20.8 Å². The minimum atomic E-state index is -0.452. The lowest BCUT2D eigenvalue weighted by atomic mass is 10.2. The molecule has 0 bridgehead atoms. The molecule has 0 saturated carbocycles. The topological polar surface area (TPSA) is 95.9 Å². The molecule has 2 rings (SSSR count). The van der Waals surface area contributed by atoms with Crippen LogP contribution in [0.2, 0.25) is 0 Å². The Bertz CT molecular complexity index is 662. The Morgan fingerprint density at radius 1 is 1.43 bits per heavy atom. The number of halogens is 1. The number of carbonyl (C=O) groups is 1. The number of hydrogen-bond acceptors (Lipinski definition) is 6. The van der Waals surface area contributed by atoms with Crippen LogP contribution < -0.4 is 5.73 Å². The highest BCUT2D eigenvalue weighted by Gasteiger charge is 2.17. The number of aryl methyl sites for hydroxylation is 1. The predicted octanol–water partition coefficient (Wildman–Crippen LogP) is 2.13. The van der Waals surface area contributed by atoms with E-state index in [2.05, 4.69) is 37.7 Å². The molecule has 0 spiro atoms. The molecule has 0 aliphatic rings. The van der Waals surface area contributed by atoms with Gasteiger partial charge in [-0.1, -0.05) is 0 Å². The summed E-state index contributed by atoms with van der Waals surface area (Å²) in [5, 5.41) is 5.15. The average molecular weight is 403 g/mol. The molecule has 0 atom stereocenters. The van der Waals surface area contributed by atoms with Gasteiger partial charge in [-0.3, -0.25) is 4.79 Å². The molecular weight excluding hydrogens is 385 g/mol. The third kappa shape index (κ3) is 4.02. The molecule has 0 aromatic carbocycles. The molecule has 0 fully saturated rings. The number of ether oxygens (including phenoxy) is 1. The van der Waals surface area contributed by atoms with Crippen molar-refractivity contribution >= 4 is 45.4 Å². The lowest BCUT2D eigenvalue weighted by Crippen LogP contribution is -2.23. The van der Waals surface area contributed by atoms with E-state index < -0.39 is 5.60 Å². The number of aromatic nitrogens is 4. The Labute approximate surface area is 136 Å². The van der Waals surface area contributed by atoms with E-state index in [1.54, 1.807) is 4.68 Å². The first-order chi connectivity index (χ1) is 9.78. The van der Waals surface area contributed by atoms with Crippen molar-refractivity contribution in [1.82, 2.24) is 19.7 Å². The van der Waals surface area contributed by atoms with Gasteiger partial charge in [-0.05, 0) is 49.8 Å². The van der Waals surface area contributed by atoms with Crippen LogP contribution in [0.1, 0.15) is 33.6 Å². The number of nitrogens with two attached hydrogens (primary N) is 1. The van der Waals surface area contributed by atoms with Crippen LogP contribution in [0.3, 0.4) is 0 Å². The summed E-state index contributed by atoms with van der Waals surface area (Å²) in [4.78, 5) is 19.8. The Morgan fingerprint density at radius 3 is 2.81 bits per heavy atom. The fraction of sp³-hybridized carbons (Fsp3) is 0.538. The number of nitrogens with zero attached hydrogens (tertiary/aromatic N) is 4. The van der Waals surface area contributed by atoms with E-state index in [-0.39, 0.29) is 5.97 Å². The highest BCUT2D eigenvalue weighted by atomic mass is 127. The zero-order valence-electron chi connectivity index (χ0n) is 12.3. The molecule has 0 saturated heterocycles. The molecule has 2 aromatic heterocycles. The molecule has 2 aromatic rings. The molecule has 0 aliphatic heterocycles. The Morgan fingerprint density at radius 2 is 2.14 bits per heavy atom. The van der Waals surface area contributed by atoms with Crippen molar-refractivity contribution in [3.63, 3.8) is 0 Å². The number of anilines is 1. The number of fused-ring (bicyclic) bond motifs is 1. The van der Waals surface area contributed by atoms with E-state index in [9.17, 15) is 4.79 Å². The van der Waals surface area contributed by atoms with Gasteiger partial charge < -0.3 is 10.5 Å². The summed E-state index contributed by atoms with van der Waals surface area (Å²) in [5.41, 5.74) is 6.07. The standard InChI is InChI=1S/C13H18IN5O2/c1-13(2,3)21-8(20)5-4-6-19-12-9(10(14)18-19)11(15)16-7-17-12/h7H,4-6H2,1-3H3,(H2,15,16,17). The van der Waals surface area contributed by atoms with Crippen LogP contribution in [0.15, 0.2) is 6.33 Å². The summed E-state index contributed by atoms with van der Waals surface area (Å²) in [6.07, 6.45) is 2.39. The Hall–Kier alpha value is -1.45. The fourth-order valence-electron chi connectivity index (χ4n) is 1.91. The predicted molar refractivity (Wildman–Crippen MR) is 87.5 cm³/mol. The van der Waals surface area contributed by atoms with Crippen LogP contribution in [0.4, 0.5) is 5.82 Å². The highest BCUT2D eigenvalue weighted by molar-refractivity contribution is 14.1. The van der Waals surface area contributed by atoms with Crippen molar-refractivity contribution in [2.75, 3.05) is 5.73 Å². The molecule has 2 heterocycles. The monoisotopic (exact) mass is 403 g/mol. The third-order valence-electron chi connectivity index (χ3n) is 2.69. The Kier molecular flexibility index (Phi) is 4.64. The van der Waals surface area contributed by atoms with Gasteiger partial charge in [0.25, 0.3) is 0 Å². The minimum Gasteiger partial charge on any atom is -0.460 e. The molecule has 8 heteroatoms. The van der Waals surface area contributed by atoms with Crippen LogP contribution >= 0.6 is 22.6 Å². The van der Waals surface area contributed by atoms with Crippen molar-refractivity contribution in [1.29, 1.82) is 0 Å². The third-order valence-corrected chi connectivity index (χ3v) is 3.44. The maximum Gasteiger partial charge on any atom is 0.306 e. The van der Waals surface area contributed by atoms with E-state index in [4.69, 9.17) is 10.5 Å². The molecule has 2 N–H and O–H groups in total. The maximum absolute atomic E-state index is 11.7. The number of rotatable bonds is 4. The van der Waals surface area contributed by atoms with Crippen molar-refractivity contribution in [3.8, 4) is 0 Å². The highest BCUT2D eigenvalue weighted by Crippen LogP contribution is 2.22. The van der Waals surface area contributed by atoms with E-state index in [0.717, 1.165) is 9.09 Å². The first-order valence-corrected chi connectivity index (χ1v) is 7.70. The molecule has 21 heavy (non-hydrogen) atoms. The minimum absolute atomic E-state index is 0.206. The molecular formula is C13H18IN5O2. The summed E-state index contributed by atoms with van der Waals surface area (Å²) < 4.78 is 7.78. The van der Waals surface area contributed by atoms with Crippen molar-refractivity contribution in [2.45, 2.75) is 45.8 Å². The van der Waals surface area contributed by atoms with Crippen LogP contribution in [-0.4, -0.2) is 31.3 Å². The number of carbonyl (C=O) groups excluding carboxylic acids is 1. The van der Waals surface area contributed by atoms with Gasteiger partial charge >= 0.3 is 5.97 Å². The molecule has 0 aliphatic carbocycles. The zero-order valence-corrected chi connectivity index (χ0v) is 14.4. The van der Waals surface area contributed by atoms with E-state index in [0.29, 0.717) is 30.9 Å². The van der Waals surface area contributed by atoms with Gasteiger partial charge in [0.15, 0.2) is 5.65 Å². The SMILES string of the molecule is CC(C)(C)OC(=O)CCCn1nc(I)c2c(N)ncnc21. The second-order valence-electron chi connectivity index (χ2n) is 5.66. The molecule has 0 unspecified atom stereocenters. The molecule has 114 valence electrons. The van der Waals surface area contributed by atoms with E-state index >= 15 is 0 Å². The van der Waals surface area contributed by atoms with Crippen molar-refractivity contribution in [3.05, 3.63) is 10.0 Å². The summed E-state index contributed by atoms with van der Waals surface area (Å²) in [5.74, 6) is 0.214. The number of hydrogen-bond donors (Lipinski definition) is 1. The van der Waals surface area contributed by atoms with Gasteiger partial charge in [-0.2, -0.15) is 5.10 Å². The smallest absolute Gasteiger partial charge is 0.306 e. The lowest BCUT2D eigenvalue weighted by Gasteiger charge is -2.19. The Balaban J connectivity index is 2.02. The second kappa shape index (κ2) is 6.12. The van der Waals surface area contributed by atoms with Crippen LogP contribution in [0.25, 0.3) is 11.0 Å². The molecule has 0 radical (unpaired) electrons. The zero-order chi connectivity index (χ0) is 15.6. The largest absolute Gasteiger partial charge is 0.460 e. The first kappa shape index (κ1) is 15.9.